The Bertz CT molecular complexity index is 557. The zero-order valence-corrected chi connectivity index (χ0v) is 12.2. The van der Waals surface area contributed by atoms with Gasteiger partial charge >= 0.3 is 0 Å². The molecule has 0 unspecified atom stereocenters. The van der Waals surface area contributed by atoms with Gasteiger partial charge in [0.05, 0.1) is 5.01 Å². The lowest BCUT2D eigenvalue weighted by atomic mass is 10.1. The van der Waals surface area contributed by atoms with E-state index in [1.54, 1.807) is 23.5 Å². The summed E-state index contributed by atoms with van der Waals surface area (Å²) < 4.78 is 5.53. The van der Waals surface area contributed by atoms with Gasteiger partial charge in [-0.1, -0.05) is 13.8 Å². The molecular weight excluding hydrogens is 260 g/mol. The summed E-state index contributed by atoms with van der Waals surface area (Å²) in [4.78, 5) is 16.2. The molecule has 2 heterocycles. The SMILES string of the molecule is Cc1nc(-c2ccc(C(=O)NCCC(C)C)o2)cs1. The Morgan fingerprint density at radius 2 is 2.26 bits per heavy atom. The summed E-state index contributed by atoms with van der Waals surface area (Å²) in [6.45, 7) is 6.86. The highest BCUT2D eigenvalue weighted by atomic mass is 32.1. The molecule has 2 aromatic rings. The smallest absolute Gasteiger partial charge is 0.287 e. The molecule has 0 bridgehead atoms. The third-order valence-electron chi connectivity index (χ3n) is 2.71. The van der Waals surface area contributed by atoms with Gasteiger partial charge in [0, 0.05) is 11.9 Å². The van der Waals surface area contributed by atoms with E-state index < -0.39 is 0 Å². The van der Waals surface area contributed by atoms with Gasteiger partial charge in [0.15, 0.2) is 11.5 Å². The van der Waals surface area contributed by atoms with E-state index >= 15 is 0 Å². The normalized spacial score (nSPS) is 10.9. The quantitative estimate of drug-likeness (QED) is 0.911. The number of thiazole rings is 1. The van der Waals surface area contributed by atoms with Crippen molar-refractivity contribution in [1.82, 2.24) is 10.3 Å². The van der Waals surface area contributed by atoms with E-state index in [0.29, 0.717) is 24.0 Å². The molecule has 5 heteroatoms. The van der Waals surface area contributed by atoms with E-state index in [0.717, 1.165) is 17.1 Å². The number of rotatable bonds is 5. The minimum Gasteiger partial charge on any atom is -0.449 e. The summed E-state index contributed by atoms with van der Waals surface area (Å²) in [6, 6.07) is 3.47. The van der Waals surface area contributed by atoms with Gasteiger partial charge in [0.1, 0.15) is 5.69 Å². The Labute approximate surface area is 116 Å². The van der Waals surface area contributed by atoms with Crippen molar-refractivity contribution in [2.75, 3.05) is 6.54 Å². The molecule has 2 rings (SSSR count). The van der Waals surface area contributed by atoms with Crippen molar-refractivity contribution >= 4 is 17.2 Å². The monoisotopic (exact) mass is 278 g/mol. The lowest BCUT2D eigenvalue weighted by Crippen LogP contribution is -2.24. The van der Waals surface area contributed by atoms with E-state index in [1.165, 1.54) is 0 Å². The molecule has 0 aliphatic carbocycles. The van der Waals surface area contributed by atoms with Crippen LogP contribution in [0.25, 0.3) is 11.5 Å². The molecule has 0 aliphatic rings. The molecule has 4 nitrogen and oxygen atoms in total. The molecule has 0 radical (unpaired) electrons. The van der Waals surface area contributed by atoms with Gasteiger partial charge in [-0.15, -0.1) is 11.3 Å². The summed E-state index contributed by atoms with van der Waals surface area (Å²) in [5.41, 5.74) is 0.781. The first-order valence-electron chi connectivity index (χ1n) is 6.37. The zero-order chi connectivity index (χ0) is 13.8. The van der Waals surface area contributed by atoms with Gasteiger partial charge in [-0.05, 0) is 31.4 Å². The van der Waals surface area contributed by atoms with Gasteiger partial charge in [0.25, 0.3) is 5.91 Å². The van der Waals surface area contributed by atoms with Crippen LogP contribution < -0.4 is 5.32 Å². The van der Waals surface area contributed by atoms with Gasteiger partial charge in [0.2, 0.25) is 0 Å². The Kier molecular flexibility index (Phi) is 4.37. The van der Waals surface area contributed by atoms with Gasteiger partial charge < -0.3 is 9.73 Å². The number of carbonyl (C=O) groups is 1. The summed E-state index contributed by atoms with van der Waals surface area (Å²) in [6.07, 6.45) is 0.963. The highest BCUT2D eigenvalue weighted by Gasteiger charge is 2.13. The summed E-state index contributed by atoms with van der Waals surface area (Å²) >= 11 is 1.56. The maximum absolute atomic E-state index is 11.9. The standard InChI is InChI=1S/C14H18N2O2S/c1-9(2)6-7-15-14(17)13-5-4-12(18-13)11-8-19-10(3)16-11/h4-5,8-9H,6-7H2,1-3H3,(H,15,17). The number of aromatic nitrogens is 1. The molecule has 1 amide bonds. The third kappa shape index (κ3) is 3.67. The predicted molar refractivity (Wildman–Crippen MR) is 76.3 cm³/mol. The summed E-state index contributed by atoms with van der Waals surface area (Å²) in [7, 11) is 0. The first kappa shape index (κ1) is 13.8. The average molecular weight is 278 g/mol. The maximum atomic E-state index is 11.9. The van der Waals surface area contributed by atoms with Gasteiger partial charge in [-0.3, -0.25) is 4.79 Å². The topological polar surface area (TPSA) is 55.1 Å². The lowest BCUT2D eigenvalue weighted by Gasteiger charge is -2.05. The van der Waals surface area contributed by atoms with Gasteiger partial charge in [-0.2, -0.15) is 0 Å². The number of hydrogen-bond donors (Lipinski definition) is 1. The molecule has 19 heavy (non-hydrogen) atoms. The number of hydrogen-bond acceptors (Lipinski definition) is 4. The van der Waals surface area contributed by atoms with Crippen molar-refractivity contribution < 1.29 is 9.21 Å². The second kappa shape index (κ2) is 6.02. The maximum Gasteiger partial charge on any atom is 0.287 e. The second-order valence-electron chi connectivity index (χ2n) is 4.85. The van der Waals surface area contributed by atoms with Crippen LogP contribution in [0, 0.1) is 12.8 Å². The molecule has 2 aromatic heterocycles. The van der Waals surface area contributed by atoms with Crippen LogP contribution in [0.15, 0.2) is 21.9 Å². The van der Waals surface area contributed by atoms with E-state index in [9.17, 15) is 4.79 Å². The van der Waals surface area contributed by atoms with Crippen molar-refractivity contribution in [3.63, 3.8) is 0 Å². The molecule has 0 saturated heterocycles. The number of nitrogens with one attached hydrogen (secondary N) is 1. The van der Waals surface area contributed by atoms with Crippen LogP contribution in [0.4, 0.5) is 0 Å². The van der Waals surface area contributed by atoms with E-state index in [2.05, 4.69) is 24.1 Å². The Hall–Kier alpha value is -1.62. The number of aryl methyl sites for hydroxylation is 1. The fourth-order valence-electron chi connectivity index (χ4n) is 1.64. The fraction of sp³-hybridized carbons (Fsp3) is 0.429. The van der Waals surface area contributed by atoms with Crippen molar-refractivity contribution in [2.45, 2.75) is 27.2 Å². The molecular formula is C14H18N2O2S. The molecule has 1 N–H and O–H groups in total. The highest BCUT2D eigenvalue weighted by molar-refractivity contribution is 7.09. The molecule has 102 valence electrons. The molecule has 0 saturated carbocycles. The van der Waals surface area contributed by atoms with Crippen LogP contribution in [0.1, 0.15) is 35.8 Å². The average Bonchev–Trinajstić information content (AvgIpc) is 2.96. The molecule has 0 spiro atoms. The van der Waals surface area contributed by atoms with E-state index in [1.807, 2.05) is 12.3 Å². The predicted octanol–water partition coefficient (Wildman–Crippen LogP) is 3.49. The van der Waals surface area contributed by atoms with Crippen LogP contribution in [0.5, 0.6) is 0 Å². The van der Waals surface area contributed by atoms with Crippen molar-refractivity contribution in [1.29, 1.82) is 0 Å². The lowest BCUT2D eigenvalue weighted by molar-refractivity contribution is 0.0925. The number of amides is 1. The van der Waals surface area contributed by atoms with Crippen LogP contribution in [0.3, 0.4) is 0 Å². The Balaban J connectivity index is 1.98. The van der Waals surface area contributed by atoms with Crippen molar-refractivity contribution in [2.24, 2.45) is 5.92 Å². The number of carbonyl (C=O) groups excluding carboxylic acids is 1. The summed E-state index contributed by atoms with van der Waals surface area (Å²) in [5, 5.41) is 5.76. The number of furan rings is 1. The van der Waals surface area contributed by atoms with Crippen molar-refractivity contribution in [3.8, 4) is 11.5 Å². The Morgan fingerprint density at radius 1 is 1.47 bits per heavy atom. The molecule has 0 aliphatic heterocycles. The fourth-order valence-corrected chi connectivity index (χ4v) is 2.24. The van der Waals surface area contributed by atoms with Crippen LogP contribution in [0.2, 0.25) is 0 Å². The minimum absolute atomic E-state index is 0.168. The zero-order valence-electron chi connectivity index (χ0n) is 11.4. The van der Waals surface area contributed by atoms with Gasteiger partial charge in [-0.25, -0.2) is 4.98 Å². The van der Waals surface area contributed by atoms with Crippen LogP contribution >= 0.6 is 11.3 Å². The summed E-state index contributed by atoms with van der Waals surface area (Å²) in [5.74, 6) is 1.38. The second-order valence-corrected chi connectivity index (χ2v) is 5.92. The van der Waals surface area contributed by atoms with Crippen molar-refractivity contribution in [3.05, 3.63) is 28.3 Å². The Morgan fingerprint density at radius 3 is 2.89 bits per heavy atom. The van der Waals surface area contributed by atoms with E-state index in [-0.39, 0.29) is 5.91 Å². The first-order valence-corrected chi connectivity index (χ1v) is 7.24. The first-order chi connectivity index (χ1) is 9.06. The molecule has 0 atom stereocenters. The van der Waals surface area contributed by atoms with Crippen LogP contribution in [-0.2, 0) is 0 Å². The highest BCUT2D eigenvalue weighted by Crippen LogP contribution is 2.23. The molecule has 0 fully saturated rings. The number of nitrogens with zero attached hydrogens (tertiary/aromatic N) is 1. The molecule has 0 aromatic carbocycles. The minimum atomic E-state index is -0.168. The largest absolute Gasteiger partial charge is 0.449 e. The van der Waals surface area contributed by atoms with E-state index in [4.69, 9.17) is 4.42 Å². The third-order valence-corrected chi connectivity index (χ3v) is 3.48. The van der Waals surface area contributed by atoms with Crippen LogP contribution in [-0.4, -0.2) is 17.4 Å².